The third kappa shape index (κ3) is 4.00. The van der Waals surface area contributed by atoms with E-state index in [2.05, 4.69) is 36.7 Å². The molecule has 2 aromatic heterocycles. The molecular weight excluding hydrogens is 370 g/mol. The van der Waals surface area contributed by atoms with Gasteiger partial charge in [-0.05, 0) is 34.7 Å². The summed E-state index contributed by atoms with van der Waals surface area (Å²) in [6.07, 6.45) is 0. The number of carbonyl (C=O) groups excluding carboxylic acids is 1. The van der Waals surface area contributed by atoms with E-state index in [1.165, 1.54) is 15.4 Å². The van der Waals surface area contributed by atoms with Gasteiger partial charge in [0.15, 0.2) is 5.69 Å². The molecule has 0 unspecified atom stereocenters. The lowest BCUT2D eigenvalue weighted by molar-refractivity contribution is -0.389. The van der Waals surface area contributed by atoms with Crippen molar-refractivity contribution in [3.05, 3.63) is 38.2 Å². The van der Waals surface area contributed by atoms with Crippen LogP contribution in [0, 0.1) is 17.0 Å². The molecule has 23 heavy (non-hydrogen) atoms. The number of nitrogens with one attached hydrogen (secondary N) is 1. The monoisotopic (exact) mass is 383 g/mol. The van der Waals surface area contributed by atoms with Crippen LogP contribution in [-0.4, -0.2) is 36.1 Å². The van der Waals surface area contributed by atoms with Gasteiger partial charge in [-0.1, -0.05) is 0 Å². The number of hydrogen-bond acceptors (Lipinski definition) is 6. The van der Waals surface area contributed by atoms with Crippen LogP contribution in [0.5, 0.6) is 0 Å². The summed E-state index contributed by atoms with van der Waals surface area (Å²) in [4.78, 5) is 22.0. The van der Waals surface area contributed by atoms with Crippen molar-refractivity contribution >= 4 is 33.4 Å². The molecule has 0 saturated carbocycles. The second-order valence-electron chi connectivity index (χ2n) is 4.82. The molecule has 0 aliphatic heterocycles. The minimum atomic E-state index is -0.559. The fourth-order valence-electron chi connectivity index (χ4n) is 1.75. The number of amides is 1. The average molecular weight is 384 g/mol. The predicted octanol–water partition coefficient (Wildman–Crippen LogP) is 1.40. The van der Waals surface area contributed by atoms with Crippen LogP contribution in [0.15, 0.2) is 21.8 Å². The Morgan fingerprint density at radius 1 is 1.48 bits per heavy atom. The number of hydrogen-bond donors (Lipinski definition) is 1. The molecule has 1 amide bonds. The molecule has 1 N–H and O–H groups in total. The van der Waals surface area contributed by atoms with Gasteiger partial charge in [0, 0.05) is 13.1 Å². The van der Waals surface area contributed by atoms with Gasteiger partial charge in [-0.15, -0.1) is 0 Å². The van der Waals surface area contributed by atoms with Gasteiger partial charge in [-0.25, -0.2) is 5.43 Å². The number of halogens is 1. The van der Waals surface area contributed by atoms with Gasteiger partial charge >= 0.3 is 5.82 Å². The maximum atomic E-state index is 11.9. The van der Waals surface area contributed by atoms with Crippen LogP contribution in [0.1, 0.15) is 23.1 Å². The summed E-state index contributed by atoms with van der Waals surface area (Å²) in [5.41, 5.74) is 3.78. The van der Waals surface area contributed by atoms with Gasteiger partial charge in [-0.2, -0.15) is 14.9 Å². The van der Waals surface area contributed by atoms with Crippen LogP contribution >= 0.6 is 15.9 Å². The number of aromatic nitrogens is 4. The van der Waals surface area contributed by atoms with Crippen molar-refractivity contribution < 1.29 is 9.72 Å². The summed E-state index contributed by atoms with van der Waals surface area (Å²) in [7, 11) is 1.70. The topological polar surface area (TPSA) is 120 Å². The molecular formula is C12H14BrN7O3. The van der Waals surface area contributed by atoms with Crippen LogP contribution in [-0.2, 0) is 13.6 Å². The largest absolute Gasteiger partial charge is 0.390 e. The molecule has 0 aliphatic carbocycles. The average Bonchev–Trinajstić information content (AvgIpc) is 3.00. The molecule has 0 bridgehead atoms. The van der Waals surface area contributed by atoms with Crippen LogP contribution in [0.25, 0.3) is 0 Å². The number of aryl methyl sites for hydroxylation is 2. The maximum absolute atomic E-state index is 11.9. The summed E-state index contributed by atoms with van der Waals surface area (Å²) in [6.45, 7) is 3.62. The number of hydrazone groups is 1. The lowest BCUT2D eigenvalue weighted by atomic mass is 10.4. The number of nitro groups is 1. The van der Waals surface area contributed by atoms with Crippen molar-refractivity contribution in [3.63, 3.8) is 0 Å². The minimum absolute atomic E-state index is 0.224. The highest BCUT2D eigenvalue weighted by molar-refractivity contribution is 9.10. The second kappa shape index (κ2) is 6.69. The lowest BCUT2D eigenvalue weighted by Gasteiger charge is -2.01. The quantitative estimate of drug-likeness (QED) is 0.475. The third-order valence-corrected chi connectivity index (χ3v) is 3.68. The highest BCUT2D eigenvalue weighted by Crippen LogP contribution is 2.11. The molecule has 11 heteroatoms. The highest BCUT2D eigenvalue weighted by atomic mass is 79.9. The van der Waals surface area contributed by atoms with E-state index in [1.54, 1.807) is 27.0 Å². The second-order valence-corrected chi connectivity index (χ2v) is 5.64. The summed E-state index contributed by atoms with van der Waals surface area (Å²) in [5, 5.41) is 22.5. The van der Waals surface area contributed by atoms with Crippen LogP contribution in [0.2, 0.25) is 0 Å². The number of carbonyl (C=O) groups is 1. The Hall–Kier alpha value is -2.56. The molecule has 0 radical (unpaired) electrons. The van der Waals surface area contributed by atoms with E-state index in [9.17, 15) is 14.9 Å². The third-order valence-electron chi connectivity index (χ3n) is 2.94. The van der Waals surface area contributed by atoms with E-state index in [4.69, 9.17) is 0 Å². The van der Waals surface area contributed by atoms with Crippen molar-refractivity contribution in [1.82, 2.24) is 25.0 Å². The smallest absolute Gasteiger partial charge is 0.358 e. The summed E-state index contributed by atoms with van der Waals surface area (Å²) in [6, 6.07) is 2.94. The molecule has 2 aromatic rings. The molecule has 0 atom stereocenters. The SMILES string of the molecule is CC(Cn1nc([N+](=O)[O-])cc1C)=NNC(=O)c1cc(Br)n(C)n1. The molecule has 2 heterocycles. The van der Waals surface area contributed by atoms with E-state index in [1.807, 2.05) is 0 Å². The first-order valence-electron chi connectivity index (χ1n) is 6.50. The molecule has 0 aliphatic rings. The fourth-order valence-corrected chi connectivity index (χ4v) is 2.05. The van der Waals surface area contributed by atoms with E-state index >= 15 is 0 Å². The zero-order chi connectivity index (χ0) is 17.1. The maximum Gasteiger partial charge on any atom is 0.390 e. The first-order chi connectivity index (χ1) is 10.8. The Morgan fingerprint density at radius 3 is 2.70 bits per heavy atom. The van der Waals surface area contributed by atoms with Crippen molar-refractivity contribution in [2.24, 2.45) is 12.1 Å². The normalized spacial score (nSPS) is 11.6. The molecule has 0 fully saturated rings. The summed E-state index contributed by atoms with van der Waals surface area (Å²) < 4.78 is 3.63. The van der Waals surface area contributed by atoms with Gasteiger partial charge in [-0.3, -0.25) is 9.48 Å². The molecule has 10 nitrogen and oxygen atoms in total. The van der Waals surface area contributed by atoms with Gasteiger partial charge in [0.05, 0.1) is 22.6 Å². The predicted molar refractivity (Wildman–Crippen MR) is 85.1 cm³/mol. The fraction of sp³-hybridized carbons (Fsp3) is 0.333. The molecule has 0 aromatic carbocycles. The standard InChI is InChI=1S/C12H14BrN7O3/c1-7(6-19-8(2)4-11(17-19)20(22)23)14-15-12(21)9-5-10(13)18(3)16-9/h4-5H,6H2,1-3H3,(H,15,21). The van der Waals surface area contributed by atoms with E-state index < -0.39 is 10.8 Å². The van der Waals surface area contributed by atoms with Crippen molar-refractivity contribution in [2.75, 3.05) is 0 Å². The van der Waals surface area contributed by atoms with Gasteiger partial charge in [0.1, 0.15) is 11.1 Å². The van der Waals surface area contributed by atoms with Crippen LogP contribution in [0.4, 0.5) is 5.82 Å². The minimum Gasteiger partial charge on any atom is -0.358 e. The Labute approximate surface area is 139 Å². The molecule has 0 saturated heterocycles. The van der Waals surface area contributed by atoms with E-state index in [-0.39, 0.29) is 18.1 Å². The number of rotatable bonds is 5. The van der Waals surface area contributed by atoms with Crippen LogP contribution in [0.3, 0.4) is 0 Å². The first kappa shape index (κ1) is 16.8. The highest BCUT2D eigenvalue weighted by Gasteiger charge is 2.16. The summed E-state index contributed by atoms with van der Waals surface area (Å²) >= 11 is 3.25. The summed E-state index contributed by atoms with van der Waals surface area (Å²) in [5.74, 6) is -0.675. The van der Waals surface area contributed by atoms with Crippen molar-refractivity contribution in [3.8, 4) is 0 Å². The Balaban J connectivity index is 2.03. The molecule has 122 valence electrons. The Kier molecular flexibility index (Phi) is 4.89. The first-order valence-corrected chi connectivity index (χ1v) is 7.29. The molecule has 2 rings (SSSR count). The number of nitrogens with zero attached hydrogens (tertiary/aromatic N) is 6. The molecule has 0 spiro atoms. The zero-order valence-electron chi connectivity index (χ0n) is 12.6. The van der Waals surface area contributed by atoms with Crippen molar-refractivity contribution in [2.45, 2.75) is 20.4 Å². The van der Waals surface area contributed by atoms with E-state index in [0.29, 0.717) is 16.0 Å². The Bertz CT molecular complexity index is 773. The van der Waals surface area contributed by atoms with Crippen LogP contribution < -0.4 is 5.43 Å². The van der Waals surface area contributed by atoms with Gasteiger partial charge < -0.3 is 10.1 Å². The van der Waals surface area contributed by atoms with E-state index in [0.717, 1.165) is 0 Å². The van der Waals surface area contributed by atoms with Crippen molar-refractivity contribution in [1.29, 1.82) is 0 Å². The van der Waals surface area contributed by atoms with Gasteiger partial charge in [0.2, 0.25) is 0 Å². The Morgan fingerprint density at radius 2 is 2.17 bits per heavy atom. The van der Waals surface area contributed by atoms with Gasteiger partial charge in [0.25, 0.3) is 5.91 Å². The lowest BCUT2D eigenvalue weighted by Crippen LogP contribution is -2.21. The zero-order valence-corrected chi connectivity index (χ0v) is 14.2.